The normalized spacial score (nSPS) is 12.1. The van der Waals surface area contributed by atoms with Crippen molar-refractivity contribution >= 4 is 40.6 Å². The molecule has 1 aromatic carbocycles. The van der Waals surface area contributed by atoms with Gasteiger partial charge < -0.3 is 5.32 Å². The number of thiophene rings is 1. The molecule has 1 atom stereocenters. The minimum atomic E-state index is -0.0518. The van der Waals surface area contributed by atoms with Crippen molar-refractivity contribution in [3.8, 4) is 0 Å². The van der Waals surface area contributed by atoms with Crippen molar-refractivity contribution in [2.24, 2.45) is 0 Å². The number of amides is 1. The highest BCUT2D eigenvalue weighted by atomic mass is 35.5. The number of carbonyl (C=O) groups excluding carboxylic acids is 1. The zero-order chi connectivity index (χ0) is 15.1. The summed E-state index contributed by atoms with van der Waals surface area (Å²) in [7, 11) is 0. The molecule has 0 aliphatic rings. The van der Waals surface area contributed by atoms with Crippen molar-refractivity contribution in [1.29, 1.82) is 0 Å². The van der Waals surface area contributed by atoms with Crippen molar-refractivity contribution in [3.63, 3.8) is 0 Å². The Hall–Kier alpha value is -0.970. The van der Waals surface area contributed by atoms with E-state index in [4.69, 9.17) is 11.6 Å². The van der Waals surface area contributed by atoms with Crippen LogP contribution in [0, 0.1) is 0 Å². The molecule has 0 aliphatic heterocycles. The Labute approximate surface area is 138 Å². The van der Waals surface area contributed by atoms with Crippen LogP contribution in [-0.4, -0.2) is 17.7 Å². The van der Waals surface area contributed by atoms with Gasteiger partial charge in [0.1, 0.15) is 0 Å². The SMILES string of the molecule is C[C@H](SCc1ccc(Cl)cc1)C(=O)NCCc1cccs1. The van der Waals surface area contributed by atoms with Crippen LogP contribution in [0.2, 0.25) is 5.02 Å². The molecule has 2 rings (SSSR count). The fraction of sp³-hybridized carbons (Fsp3) is 0.312. The van der Waals surface area contributed by atoms with E-state index >= 15 is 0 Å². The Morgan fingerprint density at radius 1 is 1.33 bits per heavy atom. The van der Waals surface area contributed by atoms with E-state index in [-0.39, 0.29) is 11.2 Å². The van der Waals surface area contributed by atoms with Crippen LogP contribution in [0.1, 0.15) is 17.4 Å². The van der Waals surface area contributed by atoms with Crippen LogP contribution in [0.5, 0.6) is 0 Å². The number of carbonyl (C=O) groups is 1. The minimum absolute atomic E-state index is 0.0518. The Bertz CT molecular complexity index is 554. The predicted octanol–water partition coefficient (Wildman–Crippen LogP) is 4.38. The van der Waals surface area contributed by atoms with E-state index in [1.54, 1.807) is 23.1 Å². The summed E-state index contributed by atoms with van der Waals surface area (Å²) in [4.78, 5) is 13.3. The average Bonchev–Trinajstić information content (AvgIpc) is 2.99. The van der Waals surface area contributed by atoms with Gasteiger partial charge in [-0.25, -0.2) is 0 Å². The molecule has 0 saturated carbocycles. The van der Waals surface area contributed by atoms with Crippen molar-refractivity contribution < 1.29 is 4.79 Å². The second kappa shape index (κ2) is 8.47. The lowest BCUT2D eigenvalue weighted by Gasteiger charge is -2.11. The lowest BCUT2D eigenvalue weighted by Crippen LogP contribution is -2.32. The van der Waals surface area contributed by atoms with Gasteiger partial charge in [-0.2, -0.15) is 0 Å². The van der Waals surface area contributed by atoms with Crippen LogP contribution in [0.15, 0.2) is 41.8 Å². The molecule has 21 heavy (non-hydrogen) atoms. The molecule has 1 aromatic heterocycles. The summed E-state index contributed by atoms with van der Waals surface area (Å²) in [6.45, 7) is 2.65. The molecule has 2 nitrogen and oxygen atoms in total. The molecule has 5 heteroatoms. The molecule has 0 saturated heterocycles. The van der Waals surface area contributed by atoms with Crippen LogP contribution >= 0.6 is 34.7 Å². The lowest BCUT2D eigenvalue weighted by atomic mass is 10.2. The summed E-state index contributed by atoms with van der Waals surface area (Å²) in [5.74, 6) is 0.918. The van der Waals surface area contributed by atoms with Crippen LogP contribution < -0.4 is 5.32 Å². The first-order valence-corrected chi connectivity index (χ1v) is 9.12. The minimum Gasteiger partial charge on any atom is -0.355 e. The number of hydrogen-bond donors (Lipinski definition) is 1. The Kier molecular flexibility index (Phi) is 6.61. The number of hydrogen-bond acceptors (Lipinski definition) is 3. The molecule has 0 aliphatic carbocycles. The van der Waals surface area contributed by atoms with E-state index in [0.717, 1.165) is 17.2 Å². The fourth-order valence-corrected chi connectivity index (χ4v) is 3.49. The van der Waals surface area contributed by atoms with Crippen LogP contribution in [-0.2, 0) is 17.0 Å². The van der Waals surface area contributed by atoms with E-state index < -0.39 is 0 Å². The average molecular weight is 340 g/mol. The molecular formula is C16H18ClNOS2. The molecule has 1 N–H and O–H groups in total. The van der Waals surface area contributed by atoms with Gasteiger partial charge in [-0.15, -0.1) is 23.1 Å². The third-order valence-corrected chi connectivity index (χ3v) is 5.44. The van der Waals surface area contributed by atoms with Gasteiger partial charge in [-0.3, -0.25) is 4.79 Å². The Balaban J connectivity index is 1.68. The van der Waals surface area contributed by atoms with E-state index in [1.807, 2.05) is 37.3 Å². The van der Waals surface area contributed by atoms with Crippen molar-refractivity contribution in [3.05, 3.63) is 57.2 Å². The van der Waals surface area contributed by atoms with E-state index in [9.17, 15) is 4.79 Å². The molecule has 0 spiro atoms. The lowest BCUT2D eigenvalue weighted by molar-refractivity contribution is -0.120. The van der Waals surface area contributed by atoms with Crippen molar-refractivity contribution in [1.82, 2.24) is 5.32 Å². The highest BCUT2D eigenvalue weighted by Gasteiger charge is 2.12. The predicted molar refractivity (Wildman–Crippen MR) is 93.2 cm³/mol. The maximum atomic E-state index is 12.0. The zero-order valence-corrected chi connectivity index (χ0v) is 14.2. The largest absolute Gasteiger partial charge is 0.355 e. The molecule has 0 fully saturated rings. The second-order valence-corrected chi connectivity index (χ2v) is 7.50. The fourth-order valence-electron chi connectivity index (χ4n) is 1.79. The standard InChI is InChI=1S/C16H18ClNOS2/c1-12(21-11-13-4-6-14(17)7-5-13)16(19)18-9-8-15-3-2-10-20-15/h2-7,10,12H,8-9,11H2,1H3,(H,18,19)/t12-/m0/s1. The summed E-state index contributed by atoms with van der Waals surface area (Å²) < 4.78 is 0. The number of thioether (sulfide) groups is 1. The van der Waals surface area contributed by atoms with Gasteiger partial charge in [0.05, 0.1) is 5.25 Å². The van der Waals surface area contributed by atoms with Crippen molar-refractivity contribution in [2.75, 3.05) is 6.54 Å². The number of rotatable bonds is 7. The number of benzene rings is 1. The van der Waals surface area contributed by atoms with Crippen LogP contribution in [0.25, 0.3) is 0 Å². The topological polar surface area (TPSA) is 29.1 Å². The first-order valence-electron chi connectivity index (χ1n) is 6.81. The highest BCUT2D eigenvalue weighted by molar-refractivity contribution is 7.99. The summed E-state index contributed by atoms with van der Waals surface area (Å²) in [5, 5.41) is 5.74. The molecule has 1 heterocycles. The molecular weight excluding hydrogens is 322 g/mol. The van der Waals surface area contributed by atoms with Crippen LogP contribution in [0.4, 0.5) is 0 Å². The molecule has 112 valence electrons. The first kappa shape index (κ1) is 16.4. The summed E-state index contributed by atoms with van der Waals surface area (Å²) in [5.41, 5.74) is 1.18. The second-order valence-electron chi connectivity index (χ2n) is 4.70. The maximum absolute atomic E-state index is 12.0. The summed E-state index contributed by atoms with van der Waals surface area (Å²) >= 11 is 9.22. The molecule has 0 unspecified atom stereocenters. The molecule has 0 radical (unpaired) electrons. The van der Waals surface area contributed by atoms with Gasteiger partial charge in [0.15, 0.2) is 0 Å². The molecule has 0 bridgehead atoms. The third kappa shape index (κ3) is 5.73. The summed E-state index contributed by atoms with van der Waals surface area (Å²) in [6.07, 6.45) is 0.901. The quantitative estimate of drug-likeness (QED) is 0.811. The van der Waals surface area contributed by atoms with Gasteiger partial charge in [-0.05, 0) is 42.5 Å². The third-order valence-electron chi connectivity index (χ3n) is 3.03. The van der Waals surface area contributed by atoms with E-state index in [0.29, 0.717) is 6.54 Å². The van der Waals surface area contributed by atoms with E-state index in [1.165, 1.54) is 10.4 Å². The highest BCUT2D eigenvalue weighted by Crippen LogP contribution is 2.19. The molecule has 2 aromatic rings. The van der Waals surface area contributed by atoms with Gasteiger partial charge in [-0.1, -0.05) is 29.8 Å². The Morgan fingerprint density at radius 2 is 2.10 bits per heavy atom. The summed E-state index contributed by atoms with van der Waals surface area (Å²) in [6, 6.07) is 11.9. The van der Waals surface area contributed by atoms with Crippen LogP contribution in [0.3, 0.4) is 0 Å². The monoisotopic (exact) mass is 339 g/mol. The molecule has 1 amide bonds. The zero-order valence-electron chi connectivity index (χ0n) is 11.8. The van der Waals surface area contributed by atoms with Gasteiger partial charge in [0.25, 0.3) is 0 Å². The van der Waals surface area contributed by atoms with Gasteiger partial charge in [0.2, 0.25) is 5.91 Å². The van der Waals surface area contributed by atoms with Crippen molar-refractivity contribution in [2.45, 2.75) is 24.3 Å². The van der Waals surface area contributed by atoms with Gasteiger partial charge in [0, 0.05) is 22.2 Å². The number of halogens is 1. The van der Waals surface area contributed by atoms with Gasteiger partial charge >= 0.3 is 0 Å². The van der Waals surface area contributed by atoms with E-state index in [2.05, 4.69) is 16.8 Å². The smallest absolute Gasteiger partial charge is 0.232 e. The first-order chi connectivity index (χ1) is 10.1. The maximum Gasteiger partial charge on any atom is 0.232 e. The number of nitrogens with one attached hydrogen (secondary N) is 1. The Morgan fingerprint density at radius 3 is 2.76 bits per heavy atom.